The third kappa shape index (κ3) is 5.63. The molecule has 1 aliphatic carbocycles. The van der Waals surface area contributed by atoms with Crippen LogP contribution in [-0.4, -0.2) is 18.4 Å². The molecule has 0 unspecified atom stereocenters. The molecule has 6 nitrogen and oxygen atoms in total. The molecule has 1 saturated carbocycles. The zero-order chi connectivity index (χ0) is 21.6. The highest BCUT2D eigenvalue weighted by Gasteiger charge is 2.29. The fourth-order valence-electron chi connectivity index (χ4n) is 3.13. The summed E-state index contributed by atoms with van der Waals surface area (Å²) in [4.78, 5) is 24.4. The van der Waals surface area contributed by atoms with Gasteiger partial charge in [0.1, 0.15) is 11.5 Å². The summed E-state index contributed by atoms with van der Waals surface area (Å²) < 4.78 is 5.77. The number of nitrogens with one attached hydrogen (secondary N) is 3. The smallest absolute Gasteiger partial charge is 0.243 e. The van der Waals surface area contributed by atoms with Crippen LogP contribution in [0.4, 0.5) is 17.1 Å². The van der Waals surface area contributed by atoms with Crippen molar-refractivity contribution < 1.29 is 14.3 Å². The number of rotatable bonds is 8. The normalized spacial score (nSPS) is 12.7. The van der Waals surface area contributed by atoms with E-state index in [4.69, 9.17) is 4.74 Å². The van der Waals surface area contributed by atoms with E-state index in [0.29, 0.717) is 5.69 Å². The molecular weight excluding hydrogens is 390 g/mol. The maximum atomic E-state index is 12.4. The van der Waals surface area contributed by atoms with Crippen LogP contribution in [0, 0.1) is 12.8 Å². The molecule has 0 atom stereocenters. The molecule has 0 aliphatic heterocycles. The Kier molecular flexibility index (Phi) is 6.17. The Labute approximate surface area is 181 Å². The Morgan fingerprint density at radius 2 is 1.48 bits per heavy atom. The van der Waals surface area contributed by atoms with Crippen molar-refractivity contribution in [2.75, 3.05) is 22.5 Å². The van der Waals surface area contributed by atoms with Gasteiger partial charge in [-0.15, -0.1) is 0 Å². The highest BCUT2D eigenvalue weighted by Crippen LogP contribution is 2.31. The first-order chi connectivity index (χ1) is 15.1. The van der Waals surface area contributed by atoms with Crippen molar-refractivity contribution in [1.82, 2.24) is 0 Å². The molecule has 3 aromatic carbocycles. The van der Waals surface area contributed by atoms with Gasteiger partial charge in [0, 0.05) is 23.0 Å². The lowest BCUT2D eigenvalue weighted by atomic mass is 10.1. The van der Waals surface area contributed by atoms with E-state index >= 15 is 0 Å². The standard InChI is InChI=1S/C25H25N3O3/c1-17-22(8-5-9-23(17)28-25(30)18-10-11-18)27-24(29)16-26-19-12-14-21(15-13-19)31-20-6-3-2-4-7-20/h2-9,12-15,18,26H,10-11,16H2,1H3,(H,27,29)(H,28,30). The Morgan fingerprint density at radius 1 is 0.839 bits per heavy atom. The molecule has 0 radical (unpaired) electrons. The lowest BCUT2D eigenvalue weighted by Gasteiger charge is -2.14. The average molecular weight is 415 g/mol. The van der Waals surface area contributed by atoms with Crippen LogP contribution in [0.1, 0.15) is 18.4 Å². The van der Waals surface area contributed by atoms with Gasteiger partial charge in [-0.1, -0.05) is 24.3 Å². The van der Waals surface area contributed by atoms with Crippen LogP contribution in [0.3, 0.4) is 0 Å². The molecule has 0 bridgehead atoms. The summed E-state index contributed by atoms with van der Waals surface area (Å²) in [5.74, 6) is 1.51. The van der Waals surface area contributed by atoms with E-state index in [0.717, 1.165) is 41.3 Å². The Balaban J connectivity index is 1.29. The van der Waals surface area contributed by atoms with E-state index in [1.165, 1.54) is 0 Å². The van der Waals surface area contributed by atoms with Crippen LogP contribution in [0.25, 0.3) is 0 Å². The zero-order valence-electron chi connectivity index (χ0n) is 17.4. The summed E-state index contributed by atoms with van der Waals surface area (Å²) in [6.07, 6.45) is 1.90. The molecule has 3 aromatic rings. The molecule has 1 fully saturated rings. The van der Waals surface area contributed by atoms with Gasteiger partial charge >= 0.3 is 0 Å². The van der Waals surface area contributed by atoms with Gasteiger partial charge in [-0.25, -0.2) is 0 Å². The van der Waals surface area contributed by atoms with Gasteiger partial charge < -0.3 is 20.7 Å². The fraction of sp³-hybridized carbons (Fsp3) is 0.200. The highest BCUT2D eigenvalue weighted by atomic mass is 16.5. The van der Waals surface area contributed by atoms with Crippen molar-refractivity contribution in [3.8, 4) is 11.5 Å². The number of carbonyl (C=O) groups is 2. The maximum absolute atomic E-state index is 12.4. The first-order valence-electron chi connectivity index (χ1n) is 10.4. The summed E-state index contributed by atoms with van der Waals surface area (Å²) in [6.45, 7) is 2.01. The number of para-hydroxylation sites is 1. The average Bonchev–Trinajstić information content (AvgIpc) is 3.62. The van der Waals surface area contributed by atoms with Crippen molar-refractivity contribution in [2.24, 2.45) is 5.92 Å². The second kappa shape index (κ2) is 9.34. The third-order valence-electron chi connectivity index (χ3n) is 5.10. The summed E-state index contributed by atoms with van der Waals surface area (Å²) in [5.41, 5.74) is 3.08. The van der Waals surface area contributed by atoms with Crippen molar-refractivity contribution in [1.29, 1.82) is 0 Å². The summed E-state index contributed by atoms with van der Waals surface area (Å²) in [5, 5.41) is 8.96. The van der Waals surface area contributed by atoms with Crippen LogP contribution in [0.5, 0.6) is 11.5 Å². The number of benzene rings is 3. The minimum atomic E-state index is -0.168. The van der Waals surface area contributed by atoms with E-state index < -0.39 is 0 Å². The molecule has 0 heterocycles. The summed E-state index contributed by atoms with van der Waals surface area (Å²) >= 11 is 0. The maximum Gasteiger partial charge on any atom is 0.243 e. The first-order valence-corrected chi connectivity index (χ1v) is 10.4. The van der Waals surface area contributed by atoms with Gasteiger partial charge in [0.25, 0.3) is 0 Å². The predicted octanol–water partition coefficient (Wildman–Crippen LogP) is 5.19. The molecule has 4 rings (SSSR count). The molecule has 6 heteroatoms. The monoisotopic (exact) mass is 415 g/mol. The van der Waals surface area contributed by atoms with E-state index in [2.05, 4.69) is 16.0 Å². The fourth-order valence-corrected chi connectivity index (χ4v) is 3.13. The van der Waals surface area contributed by atoms with E-state index in [1.54, 1.807) is 0 Å². The Morgan fingerprint density at radius 3 is 2.16 bits per heavy atom. The molecular formula is C25H25N3O3. The van der Waals surface area contributed by atoms with Crippen LogP contribution < -0.4 is 20.7 Å². The largest absolute Gasteiger partial charge is 0.457 e. The number of amides is 2. The number of hydrogen-bond donors (Lipinski definition) is 3. The number of hydrogen-bond acceptors (Lipinski definition) is 4. The molecule has 3 N–H and O–H groups in total. The Hall–Kier alpha value is -3.80. The van der Waals surface area contributed by atoms with Crippen LogP contribution in [0.2, 0.25) is 0 Å². The van der Waals surface area contributed by atoms with Crippen LogP contribution in [-0.2, 0) is 9.59 Å². The molecule has 31 heavy (non-hydrogen) atoms. The number of anilines is 3. The van der Waals surface area contributed by atoms with Crippen LogP contribution >= 0.6 is 0 Å². The van der Waals surface area contributed by atoms with Crippen molar-refractivity contribution in [3.63, 3.8) is 0 Å². The van der Waals surface area contributed by atoms with E-state index in [-0.39, 0.29) is 24.3 Å². The molecule has 158 valence electrons. The second-order valence-electron chi connectivity index (χ2n) is 7.58. The van der Waals surface area contributed by atoms with Gasteiger partial charge in [0.15, 0.2) is 0 Å². The molecule has 0 aromatic heterocycles. The topological polar surface area (TPSA) is 79.5 Å². The van der Waals surface area contributed by atoms with E-state index in [1.807, 2.05) is 79.7 Å². The van der Waals surface area contributed by atoms with Crippen molar-refractivity contribution in [3.05, 3.63) is 78.4 Å². The van der Waals surface area contributed by atoms with E-state index in [9.17, 15) is 9.59 Å². The van der Waals surface area contributed by atoms with Crippen molar-refractivity contribution >= 4 is 28.9 Å². The molecule has 0 saturated heterocycles. The quantitative estimate of drug-likeness (QED) is 0.473. The van der Waals surface area contributed by atoms with Gasteiger partial charge in [-0.05, 0) is 73.9 Å². The molecule has 0 spiro atoms. The number of carbonyl (C=O) groups excluding carboxylic acids is 2. The highest BCUT2D eigenvalue weighted by molar-refractivity contribution is 5.98. The van der Waals surface area contributed by atoms with Gasteiger partial charge in [0.2, 0.25) is 11.8 Å². The predicted molar refractivity (Wildman–Crippen MR) is 123 cm³/mol. The van der Waals surface area contributed by atoms with Crippen LogP contribution in [0.15, 0.2) is 72.8 Å². The summed E-state index contributed by atoms with van der Waals surface area (Å²) in [7, 11) is 0. The second-order valence-corrected chi connectivity index (χ2v) is 7.58. The third-order valence-corrected chi connectivity index (χ3v) is 5.10. The first kappa shape index (κ1) is 20.5. The molecule has 2 amide bonds. The van der Waals surface area contributed by atoms with Gasteiger partial charge in [-0.3, -0.25) is 9.59 Å². The Bertz CT molecular complexity index is 1060. The minimum Gasteiger partial charge on any atom is -0.457 e. The number of ether oxygens (including phenoxy) is 1. The lowest BCUT2D eigenvalue weighted by Crippen LogP contribution is -2.22. The van der Waals surface area contributed by atoms with Gasteiger partial charge in [-0.2, -0.15) is 0 Å². The van der Waals surface area contributed by atoms with Gasteiger partial charge in [0.05, 0.1) is 6.54 Å². The van der Waals surface area contributed by atoms with Crippen molar-refractivity contribution in [2.45, 2.75) is 19.8 Å². The zero-order valence-corrected chi connectivity index (χ0v) is 17.4. The minimum absolute atomic E-state index is 0.0490. The SMILES string of the molecule is Cc1c(NC(=O)CNc2ccc(Oc3ccccc3)cc2)cccc1NC(=O)C1CC1. The molecule has 1 aliphatic rings. The summed E-state index contributed by atoms with van der Waals surface area (Å²) in [6, 6.07) is 22.5. The lowest BCUT2D eigenvalue weighted by molar-refractivity contribution is -0.117.